The van der Waals surface area contributed by atoms with Gasteiger partial charge in [0.05, 0.1) is 5.56 Å². The van der Waals surface area contributed by atoms with E-state index in [9.17, 15) is 4.79 Å². The molecule has 4 rings (SSSR count). The average molecular weight is 416 g/mol. The van der Waals surface area contributed by atoms with E-state index in [-0.39, 0.29) is 5.91 Å². The minimum atomic E-state index is 0.0697. The maximum Gasteiger partial charge on any atom is 0.255 e. The van der Waals surface area contributed by atoms with Gasteiger partial charge in [-0.2, -0.15) is 0 Å². The molecule has 0 spiro atoms. The van der Waals surface area contributed by atoms with Crippen LogP contribution in [-0.2, 0) is 0 Å². The lowest BCUT2D eigenvalue weighted by Crippen LogP contribution is -2.39. The Balaban J connectivity index is 1.43. The van der Waals surface area contributed by atoms with Crippen LogP contribution in [0.2, 0.25) is 0 Å². The van der Waals surface area contributed by atoms with Gasteiger partial charge in [0.1, 0.15) is 5.75 Å². The molecule has 136 valence electrons. The molecule has 5 nitrogen and oxygen atoms in total. The molecule has 3 heterocycles. The number of carbonyl (C=O) groups excluding carboxylic acids is 1. The van der Waals surface area contributed by atoms with Crippen LogP contribution in [0.4, 0.5) is 0 Å². The topological polar surface area (TPSA) is 45.7 Å². The molecule has 0 N–H and O–H groups in total. The van der Waals surface area contributed by atoms with Crippen LogP contribution in [-0.4, -0.2) is 52.9 Å². The van der Waals surface area contributed by atoms with E-state index in [0.717, 1.165) is 30.5 Å². The molecule has 0 bridgehead atoms. The molecule has 1 aromatic heterocycles. The number of aromatic nitrogens is 1. The number of pyridine rings is 1. The number of hydrogen-bond acceptors (Lipinski definition) is 4. The molecule has 6 heteroatoms. The molecule has 2 fully saturated rings. The summed E-state index contributed by atoms with van der Waals surface area (Å²) in [7, 11) is 0. The number of hydrogen-bond donors (Lipinski definition) is 0. The minimum Gasteiger partial charge on any atom is -0.439 e. The number of nitrogens with zero attached hydrogens (tertiary/aromatic N) is 3. The summed E-state index contributed by atoms with van der Waals surface area (Å²) in [6.45, 7) is 3.93. The van der Waals surface area contributed by atoms with Crippen molar-refractivity contribution in [2.75, 3.05) is 26.2 Å². The molecule has 0 radical (unpaired) electrons. The highest BCUT2D eigenvalue weighted by Gasteiger charge is 2.30. The Morgan fingerprint density at radius 1 is 1.15 bits per heavy atom. The second kappa shape index (κ2) is 7.76. The Labute approximate surface area is 162 Å². The van der Waals surface area contributed by atoms with E-state index in [1.165, 1.54) is 19.4 Å². The average Bonchev–Trinajstić information content (AvgIpc) is 2.98. The summed E-state index contributed by atoms with van der Waals surface area (Å²) in [6, 6.07) is 11.7. The summed E-state index contributed by atoms with van der Waals surface area (Å²) < 4.78 is 6.69. The van der Waals surface area contributed by atoms with Gasteiger partial charge in [-0.25, -0.2) is 4.98 Å². The predicted octanol–water partition coefficient (Wildman–Crippen LogP) is 3.95. The summed E-state index contributed by atoms with van der Waals surface area (Å²) in [6.07, 6.45) is 5.10. The van der Waals surface area contributed by atoms with Crippen LogP contribution >= 0.6 is 15.9 Å². The van der Waals surface area contributed by atoms with Gasteiger partial charge in [0, 0.05) is 42.4 Å². The van der Waals surface area contributed by atoms with Gasteiger partial charge in [0.2, 0.25) is 5.88 Å². The quantitative estimate of drug-likeness (QED) is 0.761. The van der Waals surface area contributed by atoms with Gasteiger partial charge in [-0.3, -0.25) is 9.69 Å². The fraction of sp³-hybridized carbons (Fsp3) is 0.400. The van der Waals surface area contributed by atoms with Gasteiger partial charge in [-0.15, -0.1) is 0 Å². The van der Waals surface area contributed by atoms with Gasteiger partial charge in [-0.1, -0.05) is 22.0 Å². The second-order valence-electron chi connectivity index (χ2n) is 6.88. The van der Waals surface area contributed by atoms with Gasteiger partial charge < -0.3 is 9.64 Å². The van der Waals surface area contributed by atoms with E-state index >= 15 is 0 Å². The molecule has 1 aromatic carbocycles. The number of benzene rings is 1. The molecule has 2 aromatic rings. The first-order valence-electron chi connectivity index (χ1n) is 9.12. The maximum absolute atomic E-state index is 12.9. The fourth-order valence-electron chi connectivity index (χ4n) is 3.79. The van der Waals surface area contributed by atoms with Crippen molar-refractivity contribution in [3.05, 3.63) is 52.6 Å². The number of carbonyl (C=O) groups is 1. The van der Waals surface area contributed by atoms with E-state index < -0.39 is 0 Å². The molecule has 2 aliphatic heterocycles. The van der Waals surface area contributed by atoms with Crippen LogP contribution in [0, 0.1) is 0 Å². The number of halogens is 1. The van der Waals surface area contributed by atoms with Crippen molar-refractivity contribution < 1.29 is 9.53 Å². The number of amides is 1. The Morgan fingerprint density at radius 2 is 2.04 bits per heavy atom. The Morgan fingerprint density at radius 3 is 2.85 bits per heavy atom. The van der Waals surface area contributed by atoms with E-state index in [2.05, 4.69) is 25.8 Å². The summed E-state index contributed by atoms with van der Waals surface area (Å²) >= 11 is 3.42. The third kappa shape index (κ3) is 3.91. The van der Waals surface area contributed by atoms with Crippen LogP contribution < -0.4 is 4.74 Å². The highest BCUT2D eigenvalue weighted by Crippen LogP contribution is 2.24. The highest BCUT2D eigenvalue weighted by molar-refractivity contribution is 9.10. The van der Waals surface area contributed by atoms with Crippen molar-refractivity contribution in [1.29, 1.82) is 0 Å². The van der Waals surface area contributed by atoms with E-state index in [0.29, 0.717) is 23.2 Å². The first-order valence-corrected chi connectivity index (χ1v) is 9.91. The molecule has 1 amide bonds. The SMILES string of the molecule is O=C(c1ccc(Oc2cccc(Br)c2)nc1)N1CCCN2CCC[C@H]2C1. The monoisotopic (exact) mass is 415 g/mol. The molecular weight excluding hydrogens is 394 g/mol. The van der Waals surface area contributed by atoms with Crippen molar-refractivity contribution in [3.63, 3.8) is 0 Å². The molecule has 0 saturated carbocycles. The van der Waals surface area contributed by atoms with Crippen molar-refractivity contribution in [3.8, 4) is 11.6 Å². The van der Waals surface area contributed by atoms with Crippen molar-refractivity contribution >= 4 is 21.8 Å². The zero-order chi connectivity index (χ0) is 17.9. The summed E-state index contributed by atoms with van der Waals surface area (Å²) in [5.74, 6) is 1.26. The smallest absolute Gasteiger partial charge is 0.255 e. The van der Waals surface area contributed by atoms with E-state index in [1.54, 1.807) is 18.3 Å². The van der Waals surface area contributed by atoms with Crippen molar-refractivity contribution in [1.82, 2.24) is 14.8 Å². The third-order valence-corrected chi connectivity index (χ3v) is 5.59. The first kappa shape index (κ1) is 17.5. The van der Waals surface area contributed by atoms with E-state index in [4.69, 9.17) is 4.74 Å². The predicted molar refractivity (Wildman–Crippen MR) is 104 cm³/mol. The molecule has 26 heavy (non-hydrogen) atoms. The highest BCUT2D eigenvalue weighted by atomic mass is 79.9. The molecule has 2 saturated heterocycles. The fourth-order valence-corrected chi connectivity index (χ4v) is 4.17. The molecule has 2 aliphatic rings. The van der Waals surface area contributed by atoms with E-state index in [1.807, 2.05) is 29.2 Å². The van der Waals surface area contributed by atoms with Crippen molar-refractivity contribution in [2.24, 2.45) is 0 Å². The lowest BCUT2D eigenvalue weighted by atomic mass is 10.2. The van der Waals surface area contributed by atoms with Crippen molar-refractivity contribution in [2.45, 2.75) is 25.3 Å². The maximum atomic E-state index is 12.9. The molecule has 0 aliphatic carbocycles. The number of rotatable bonds is 3. The lowest BCUT2D eigenvalue weighted by Gasteiger charge is -2.25. The second-order valence-corrected chi connectivity index (χ2v) is 7.80. The lowest BCUT2D eigenvalue weighted by molar-refractivity contribution is 0.0743. The molecule has 0 unspecified atom stereocenters. The van der Waals surface area contributed by atoms with Gasteiger partial charge >= 0.3 is 0 Å². The minimum absolute atomic E-state index is 0.0697. The largest absolute Gasteiger partial charge is 0.439 e. The Kier molecular flexibility index (Phi) is 5.22. The Hall–Kier alpha value is -1.92. The van der Waals surface area contributed by atoms with Crippen LogP contribution in [0.25, 0.3) is 0 Å². The van der Waals surface area contributed by atoms with Gasteiger partial charge in [0.15, 0.2) is 0 Å². The van der Waals surface area contributed by atoms with Gasteiger partial charge in [0.25, 0.3) is 5.91 Å². The van der Waals surface area contributed by atoms with Crippen LogP contribution in [0.3, 0.4) is 0 Å². The standard InChI is InChI=1S/C20H22BrN3O2/c21-16-4-1-6-18(12-16)26-19-8-7-15(13-22-19)20(25)24-11-3-10-23-9-2-5-17(23)14-24/h1,4,6-8,12-13,17H,2-3,5,9-11,14H2/t17-/m0/s1. The third-order valence-electron chi connectivity index (χ3n) is 5.09. The first-order chi connectivity index (χ1) is 12.7. The zero-order valence-corrected chi connectivity index (χ0v) is 16.2. The van der Waals surface area contributed by atoms with Crippen LogP contribution in [0.15, 0.2) is 47.1 Å². The summed E-state index contributed by atoms with van der Waals surface area (Å²) in [4.78, 5) is 21.7. The normalized spacial score (nSPS) is 20.5. The summed E-state index contributed by atoms with van der Waals surface area (Å²) in [5, 5.41) is 0. The Bertz CT molecular complexity index is 781. The zero-order valence-electron chi connectivity index (χ0n) is 14.6. The number of fused-ring (bicyclic) bond motifs is 1. The van der Waals surface area contributed by atoms with Gasteiger partial charge in [-0.05, 0) is 50.1 Å². The van der Waals surface area contributed by atoms with Crippen LogP contribution in [0.1, 0.15) is 29.6 Å². The molecular formula is C20H22BrN3O2. The van der Waals surface area contributed by atoms with Crippen LogP contribution in [0.5, 0.6) is 11.6 Å². The molecule has 1 atom stereocenters. The summed E-state index contributed by atoms with van der Waals surface area (Å²) in [5.41, 5.74) is 0.623. The number of ether oxygens (including phenoxy) is 1.